The summed E-state index contributed by atoms with van der Waals surface area (Å²) in [6.45, 7) is -4.33. The molecule has 6 aromatic carbocycles. The van der Waals surface area contributed by atoms with E-state index in [4.69, 9.17) is 4.52 Å². The predicted octanol–water partition coefficient (Wildman–Crippen LogP) is 7.02. The standard InChI is InChI=1S/C39H31O6PS/c40-38(41)34-25-13-15-27-36(34)47(43,44)37-28-16-14-26-35(37)39(42)45-46(31-19-7-2-8-20-31,32-21-9-3-10-22-32,33-23-11-4-12-24-33)29-30-17-5-1-6-18-30/h1-28H,29H2,(H,40,41). The molecule has 234 valence electrons. The van der Waals surface area contributed by atoms with Crippen molar-refractivity contribution in [3.63, 3.8) is 0 Å². The first-order valence-corrected chi connectivity index (χ1v) is 18.7. The van der Waals surface area contributed by atoms with Gasteiger partial charge in [-0.15, -0.1) is 0 Å². The van der Waals surface area contributed by atoms with Crippen LogP contribution in [0.5, 0.6) is 0 Å². The van der Waals surface area contributed by atoms with Gasteiger partial charge >= 0.3 is 275 Å². The topological polar surface area (TPSA) is 97.7 Å². The van der Waals surface area contributed by atoms with Crippen LogP contribution in [-0.2, 0) is 20.5 Å². The van der Waals surface area contributed by atoms with Crippen molar-refractivity contribution in [1.29, 1.82) is 0 Å². The summed E-state index contributed by atoms with van der Waals surface area (Å²) < 4.78 is 35.5. The number of hydrogen-bond acceptors (Lipinski definition) is 5. The van der Waals surface area contributed by atoms with Crippen molar-refractivity contribution < 1.29 is 27.6 Å². The van der Waals surface area contributed by atoms with Crippen LogP contribution in [0.2, 0.25) is 0 Å². The first kappa shape index (κ1) is 31.6. The molecule has 0 atom stereocenters. The van der Waals surface area contributed by atoms with E-state index in [2.05, 4.69) is 0 Å². The number of aromatic carboxylic acids is 1. The summed E-state index contributed by atoms with van der Waals surface area (Å²) >= 11 is 0. The van der Waals surface area contributed by atoms with Gasteiger partial charge in [0.05, 0.1) is 0 Å². The van der Waals surface area contributed by atoms with Crippen LogP contribution in [0.4, 0.5) is 0 Å². The van der Waals surface area contributed by atoms with Gasteiger partial charge in [0, 0.05) is 0 Å². The van der Waals surface area contributed by atoms with E-state index in [0.717, 1.165) is 21.5 Å². The first-order chi connectivity index (χ1) is 22.8. The van der Waals surface area contributed by atoms with E-state index >= 15 is 0 Å². The Morgan fingerprint density at radius 1 is 0.511 bits per heavy atom. The summed E-state index contributed by atoms with van der Waals surface area (Å²) in [6.07, 6.45) is 0.299. The van der Waals surface area contributed by atoms with Crippen molar-refractivity contribution in [1.82, 2.24) is 0 Å². The third-order valence-electron chi connectivity index (χ3n) is 8.32. The normalized spacial score (nSPS) is 12.4. The van der Waals surface area contributed by atoms with Gasteiger partial charge in [0.25, 0.3) is 0 Å². The van der Waals surface area contributed by atoms with Crippen LogP contribution in [0.15, 0.2) is 180 Å². The number of carboxylic acids is 1. The van der Waals surface area contributed by atoms with Crippen LogP contribution in [0.25, 0.3) is 0 Å². The quantitative estimate of drug-likeness (QED) is 0.159. The average Bonchev–Trinajstić information content (AvgIpc) is 3.13. The second kappa shape index (κ2) is 12.8. The molecule has 0 aliphatic carbocycles. The zero-order valence-corrected chi connectivity index (χ0v) is 26.9. The Morgan fingerprint density at radius 3 is 1.32 bits per heavy atom. The van der Waals surface area contributed by atoms with Gasteiger partial charge < -0.3 is 0 Å². The number of hydrogen-bond donors (Lipinski definition) is 1. The second-order valence-electron chi connectivity index (χ2n) is 11.0. The zero-order chi connectivity index (χ0) is 32.9. The minimum absolute atomic E-state index is 0.197. The third-order valence-corrected chi connectivity index (χ3v) is 15.9. The van der Waals surface area contributed by atoms with Gasteiger partial charge in [-0.1, -0.05) is 0 Å². The molecule has 0 heterocycles. The van der Waals surface area contributed by atoms with Gasteiger partial charge in [-0.05, 0) is 0 Å². The van der Waals surface area contributed by atoms with Crippen LogP contribution < -0.4 is 15.9 Å². The molecular formula is C39H31O6PS. The number of carbonyl (C=O) groups excluding carboxylic acids is 1. The summed E-state index contributed by atoms with van der Waals surface area (Å²) in [6, 6.07) is 49.8. The molecule has 6 aromatic rings. The van der Waals surface area contributed by atoms with Crippen molar-refractivity contribution in [2.75, 3.05) is 0 Å². The fourth-order valence-corrected chi connectivity index (χ4v) is 13.4. The van der Waals surface area contributed by atoms with Crippen molar-refractivity contribution in [2.24, 2.45) is 0 Å². The molecule has 0 aliphatic rings. The number of carbonyl (C=O) groups is 2. The molecule has 47 heavy (non-hydrogen) atoms. The van der Waals surface area contributed by atoms with E-state index < -0.39 is 39.1 Å². The molecule has 0 saturated carbocycles. The molecule has 0 unspecified atom stereocenters. The van der Waals surface area contributed by atoms with Gasteiger partial charge in [0.1, 0.15) is 0 Å². The van der Waals surface area contributed by atoms with Gasteiger partial charge in [-0.25, -0.2) is 0 Å². The van der Waals surface area contributed by atoms with Crippen LogP contribution in [0.3, 0.4) is 0 Å². The summed E-state index contributed by atoms with van der Waals surface area (Å²) in [5, 5.41) is 12.2. The average molecular weight is 659 g/mol. The molecule has 0 radical (unpaired) electrons. The Kier molecular flexibility index (Phi) is 8.61. The van der Waals surface area contributed by atoms with E-state index in [-0.39, 0.29) is 10.5 Å². The van der Waals surface area contributed by atoms with Crippen molar-refractivity contribution in [3.05, 3.63) is 187 Å². The van der Waals surface area contributed by atoms with Crippen molar-refractivity contribution in [3.8, 4) is 0 Å². The Bertz CT molecular complexity index is 2050. The van der Waals surface area contributed by atoms with E-state index in [9.17, 15) is 23.1 Å². The number of carboxylic acid groups (broad SMARTS) is 1. The van der Waals surface area contributed by atoms with Gasteiger partial charge in [-0.2, -0.15) is 0 Å². The molecule has 0 fully saturated rings. The van der Waals surface area contributed by atoms with Crippen molar-refractivity contribution >= 4 is 44.5 Å². The third kappa shape index (κ3) is 5.54. The summed E-state index contributed by atoms with van der Waals surface area (Å²) in [4.78, 5) is 26.2. The summed E-state index contributed by atoms with van der Waals surface area (Å²) in [7, 11) is -4.49. The predicted molar refractivity (Wildman–Crippen MR) is 186 cm³/mol. The maximum atomic E-state index is 14.9. The van der Waals surface area contributed by atoms with Crippen LogP contribution in [0.1, 0.15) is 26.3 Å². The summed E-state index contributed by atoms with van der Waals surface area (Å²) in [5.41, 5.74) is 0.334. The van der Waals surface area contributed by atoms with Gasteiger partial charge in [0.2, 0.25) is 0 Å². The zero-order valence-electron chi connectivity index (χ0n) is 25.2. The Morgan fingerprint density at radius 2 is 0.872 bits per heavy atom. The second-order valence-corrected chi connectivity index (χ2v) is 17.4. The van der Waals surface area contributed by atoms with Gasteiger partial charge in [0.15, 0.2) is 0 Å². The molecular weight excluding hydrogens is 627 g/mol. The van der Waals surface area contributed by atoms with E-state index in [0.29, 0.717) is 6.16 Å². The number of rotatable bonds is 10. The monoisotopic (exact) mass is 658 g/mol. The molecule has 6 nitrogen and oxygen atoms in total. The molecule has 0 amide bonds. The van der Waals surface area contributed by atoms with Gasteiger partial charge in [-0.3, -0.25) is 0 Å². The fraction of sp³-hybridized carbons (Fsp3) is 0.0256. The molecule has 8 heteroatoms. The molecule has 0 saturated heterocycles. The van der Waals surface area contributed by atoms with Crippen LogP contribution >= 0.6 is 6.83 Å². The summed E-state index contributed by atoms with van der Waals surface area (Å²) in [5.74, 6) is -2.24. The molecule has 6 rings (SSSR count). The Hall–Kier alpha value is -5.36. The molecule has 1 N–H and O–H groups in total. The number of sulfone groups is 1. The number of benzene rings is 6. The maximum absolute atomic E-state index is 14.9. The fourth-order valence-electron chi connectivity index (χ4n) is 6.17. The van der Waals surface area contributed by atoms with Crippen LogP contribution in [-0.4, -0.2) is 25.5 Å². The minimum atomic E-state index is -4.49. The molecule has 0 spiro atoms. The van der Waals surface area contributed by atoms with Crippen molar-refractivity contribution in [2.45, 2.75) is 16.0 Å². The molecule has 0 bridgehead atoms. The van der Waals surface area contributed by atoms with E-state index in [1.165, 1.54) is 42.5 Å². The Balaban J connectivity index is 1.66. The van der Waals surface area contributed by atoms with E-state index in [1.807, 2.05) is 121 Å². The SMILES string of the molecule is O=C(O)c1ccccc1S(=O)(=O)c1ccccc1C(=O)OP(Cc1ccccc1)(c1ccccc1)(c1ccccc1)c1ccccc1. The van der Waals surface area contributed by atoms with Crippen LogP contribution in [0, 0.1) is 0 Å². The Labute approximate surface area is 273 Å². The molecule has 0 aliphatic heterocycles. The molecule has 0 aromatic heterocycles. The first-order valence-electron chi connectivity index (χ1n) is 14.9. The van der Waals surface area contributed by atoms with E-state index in [1.54, 1.807) is 6.07 Å².